The van der Waals surface area contributed by atoms with Crippen molar-refractivity contribution in [2.24, 2.45) is 0 Å². The number of piperazine rings is 1. The summed E-state index contributed by atoms with van der Waals surface area (Å²) in [5, 5.41) is 3.81. The normalized spacial score (nSPS) is 16.0. The fourth-order valence-corrected chi connectivity index (χ4v) is 5.89. The van der Waals surface area contributed by atoms with Gasteiger partial charge in [0.2, 0.25) is 0 Å². The summed E-state index contributed by atoms with van der Waals surface area (Å²) in [6, 6.07) is 11.1. The second-order valence-corrected chi connectivity index (χ2v) is 10.0. The number of halogens is 1. The summed E-state index contributed by atoms with van der Waals surface area (Å²) in [4.78, 5) is 1.99. The maximum Gasteiger partial charge on any atom is 0.252 e. The van der Waals surface area contributed by atoms with Crippen molar-refractivity contribution in [3.8, 4) is 0 Å². The predicted octanol–water partition coefficient (Wildman–Crippen LogP) is 3.41. The Balaban J connectivity index is 1.59. The molecule has 1 aromatic carbocycles. The lowest BCUT2D eigenvalue weighted by Crippen LogP contribution is -2.51. The summed E-state index contributed by atoms with van der Waals surface area (Å²) in [7, 11) is -3.48. The molecular weight excluding hydrogens is 398 g/mol. The van der Waals surface area contributed by atoms with Gasteiger partial charge in [0.15, 0.2) is 5.11 Å². The molecule has 1 aliphatic heterocycles. The third kappa shape index (κ3) is 4.32. The van der Waals surface area contributed by atoms with E-state index in [1.807, 2.05) is 36.1 Å². The zero-order valence-corrected chi connectivity index (χ0v) is 16.8. The minimum absolute atomic E-state index is 0.284. The first-order valence-corrected chi connectivity index (χ1v) is 10.8. The Morgan fingerprint density at radius 2 is 1.76 bits per heavy atom. The molecule has 5 nitrogen and oxygen atoms in total. The first-order valence-electron chi connectivity index (χ1n) is 7.74. The quantitative estimate of drug-likeness (QED) is 0.778. The number of aryl methyl sites for hydroxylation is 1. The summed E-state index contributed by atoms with van der Waals surface area (Å²) in [5.41, 5.74) is 2.11. The van der Waals surface area contributed by atoms with Gasteiger partial charge in [0.05, 0.1) is 4.34 Å². The lowest BCUT2D eigenvalue weighted by atomic mass is 10.2. The number of anilines is 1. The second-order valence-electron chi connectivity index (χ2n) is 5.75. The average Bonchev–Trinajstić information content (AvgIpc) is 3.04. The van der Waals surface area contributed by atoms with Crippen LogP contribution in [0.5, 0.6) is 0 Å². The van der Waals surface area contributed by atoms with Crippen molar-refractivity contribution in [3.05, 3.63) is 46.3 Å². The van der Waals surface area contributed by atoms with E-state index in [2.05, 4.69) is 5.32 Å². The molecule has 0 bridgehead atoms. The SMILES string of the molecule is Cc1ccc(NC(=S)N2CCN(S(=O)(=O)c3ccc(Cl)s3)CC2)cc1. The molecule has 0 aliphatic carbocycles. The number of benzene rings is 1. The van der Waals surface area contributed by atoms with E-state index in [1.54, 1.807) is 12.1 Å². The first kappa shape index (κ1) is 18.6. The predicted molar refractivity (Wildman–Crippen MR) is 107 cm³/mol. The van der Waals surface area contributed by atoms with Gasteiger partial charge in [-0.2, -0.15) is 4.31 Å². The fourth-order valence-electron chi connectivity index (χ4n) is 2.53. The number of hydrogen-bond acceptors (Lipinski definition) is 4. The molecule has 0 spiro atoms. The largest absolute Gasteiger partial charge is 0.346 e. The van der Waals surface area contributed by atoms with Crippen LogP contribution in [0.25, 0.3) is 0 Å². The molecule has 1 fully saturated rings. The van der Waals surface area contributed by atoms with Crippen LogP contribution < -0.4 is 5.32 Å². The van der Waals surface area contributed by atoms with E-state index >= 15 is 0 Å². The van der Waals surface area contributed by atoms with Crippen LogP contribution in [-0.4, -0.2) is 48.9 Å². The number of sulfonamides is 1. The van der Waals surface area contributed by atoms with Gasteiger partial charge in [-0.05, 0) is 43.4 Å². The summed E-state index contributed by atoms with van der Waals surface area (Å²) in [5.74, 6) is 0. The van der Waals surface area contributed by atoms with Crippen LogP contribution in [0.15, 0.2) is 40.6 Å². The molecule has 25 heavy (non-hydrogen) atoms. The Bertz CT molecular complexity index is 857. The van der Waals surface area contributed by atoms with Gasteiger partial charge in [0, 0.05) is 31.9 Å². The molecule has 3 rings (SSSR count). The molecule has 1 aromatic heterocycles. The molecule has 0 saturated carbocycles. The number of thiophene rings is 1. The Morgan fingerprint density at radius 1 is 1.12 bits per heavy atom. The van der Waals surface area contributed by atoms with Crippen LogP contribution in [-0.2, 0) is 10.0 Å². The van der Waals surface area contributed by atoms with Crippen LogP contribution in [0.3, 0.4) is 0 Å². The summed E-state index contributed by atoms with van der Waals surface area (Å²) in [6.45, 7) is 3.93. The van der Waals surface area contributed by atoms with Gasteiger partial charge in [-0.15, -0.1) is 11.3 Å². The van der Waals surface area contributed by atoms with Crippen molar-refractivity contribution >= 4 is 56.0 Å². The van der Waals surface area contributed by atoms with E-state index in [0.29, 0.717) is 35.6 Å². The third-order valence-electron chi connectivity index (χ3n) is 3.97. The van der Waals surface area contributed by atoms with Crippen molar-refractivity contribution < 1.29 is 8.42 Å². The number of rotatable bonds is 3. The molecule has 2 heterocycles. The fraction of sp³-hybridized carbons (Fsp3) is 0.312. The topological polar surface area (TPSA) is 52.6 Å². The Hall–Kier alpha value is -1.19. The summed E-state index contributed by atoms with van der Waals surface area (Å²) >= 11 is 12.4. The van der Waals surface area contributed by atoms with Crippen LogP contribution in [0.2, 0.25) is 4.34 Å². The Labute approximate surface area is 162 Å². The van der Waals surface area contributed by atoms with E-state index in [1.165, 1.54) is 9.87 Å². The Morgan fingerprint density at radius 3 is 2.32 bits per heavy atom. The van der Waals surface area contributed by atoms with E-state index in [0.717, 1.165) is 17.0 Å². The highest BCUT2D eigenvalue weighted by molar-refractivity contribution is 7.91. The molecule has 0 unspecified atom stereocenters. The van der Waals surface area contributed by atoms with E-state index in [9.17, 15) is 8.42 Å². The molecule has 2 aromatic rings. The summed E-state index contributed by atoms with van der Waals surface area (Å²) < 4.78 is 27.5. The van der Waals surface area contributed by atoms with Crippen LogP contribution >= 0.6 is 35.2 Å². The second kappa shape index (κ2) is 7.59. The Kier molecular flexibility index (Phi) is 5.65. The van der Waals surface area contributed by atoms with E-state index in [4.69, 9.17) is 23.8 Å². The lowest BCUT2D eigenvalue weighted by Gasteiger charge is -2.35. The maximum atomic E-state index is 12.6. The van der Waals surface area contributed by atoms with Gasteiger partial charge >= 0.3 is 0 Å². The highest BCUT2D eigenvalue weighted by atomic mass is 35.5. The molecule has 0 atom stereocenters. The standard InChI is InChI=1S/C16H18ClN3O2S3/c1-12-2-4-13(5-3-12)18-16(23)19-8-10-20(11-9-19)25(21,22)15-7-6-14(17)24-15/h2-7H,8-11H2,1H3,(H,18,23). The monoisotopic (exact) mass is 415 g/mol. The third-order valence-corrected chi connectivity index (χ3v) is 7.93. The minimum atomic E-state index is -3.48. The van der Waals surface area contributed by atoms with Gasteiger partial charge in [-0.25, -0.2) is 8.42 Å². The molecule has 0 radical (unpaired) electrons. The van der Waals surface area contributed by atoms with Gasteiger partial charge in [0.1, 0.15) is 4.21 Å². The zero-order chi connectivity index (χ0) is 18.0. The smallest absolute Gasteiger partial charge is 0.252 e. The van der Waals surface area contributed by atoms with Crippen molar-refractivity contribution in [1.29, 1.82) is 0 Å². The molecular formula is C16H18ClN3O2S3. The highest BCUT2D eigenvalue weighted by Gasteiger charge is 2.30. The maximum absolute atomic E-state index is 12.6. The highest BCUT2D eigenvalue weighted by Crippen LogP contribution is 2.28. The lowest BCUT2D eigenvalue weighted by molar-refractivity contribution is 0.269. The molecule has 134 valence electrons. The number of hydrogen-bond donors (Lipinski definition) is 1. The van der Waals surface area contributed by atoms with E-state index in [-0.39, 0.29) is 4.21 Å². The minimum Gasteiger partial charge on any atom is -0.346 e. The van der Waals surface area contributed by atoms with Crippen LogP contribution in [0, 0.1) is 6.92 Å². The molecule has 1 N–H and O–H groups in total. The van der Waals surface area contributed by atoms with Crippen LogP contribution in [0.4, 0.5) is 5.69 Å². The van der Waals surface area contributed by atoms with Crippen LogP contribution in [0.1, 0.15) is 5.56 Å². The average molecular weight is 416 g/mol. The van der Waals surface area contributed by atoms with Crippen molar-refractivity contribution in [1.82, 2.24) is 9.21 Å². The van der Waals surface area contributed by atoms with Crippen molar-refractivity contribution in [2.45, 2.75) is 11.1 Å². The zero-order valence-electron chi connectivity index (χ0n) is 13.6. The summed E-state index contributed by atoms with van der Waals surface area (Å²) in [6.07, 6.45) is 0. The molecule has 1 saturated heterocycles. The van der Waals surface area contributed by atoms with Gasteiger partial charge in [0.25, 0.3) is 10.0 Å². The number of nitrogens with one attached hydrogen (secondary N) is 1. The molecule has 0 amide bonds. The number of thiocarbonyl (C=S) groups is 1. The van der Waals surface area contributed by atoms with Gasteiger partial charge < -0.3 is 10.2 Å². The molecule has 9 heteroatoms. The number of nitrogens with zero attached hydrogens (tertiary/aromatic N) is 2. The van der Waals surface area contributed by atoms with Crippen molar-refractivity contribution in [3.63, 3.8) is 0 Å². The van der Waals surface area contributed by atoms with E-state index < -0.39 is 10.0 Å². The van der Waals surface area contributed by atoms with Gasteiger partial charge in [-0.3, -0.25) is 0 Å². The first-order chi connectivity index (χ1) is 11.9. The van der Waals surface area contributed by atoms with Crippen molar-refractivity contribution in [2.75, 3.05) is 31.5 Å². The molecule has 1 aliphatic rings. The van der Waals surface area contributed by atoms with Gasteiger partial charge in [-0.1, -0.05) is 29.3 Å².